The molecule has 12 heteroatoms. The van der Waals surface area contributed by atoms with Gasteiger partial charge >= 0.3 is 11.9 Å². The summed E-state index contributed by atoms with van der Waals surface area (Å²) in [5.74, 6) is 0.679. The fraction of sp³-hybridized carbons (Fsp3) is 0.954. The molecule has 0 rings (SSSR count). The van der Waals surface area contributed by atoms with E-state index in [2.05, 4.69) is 56.2 Å². The lowest BCUT2D eigenvalue weighted by Gasteiger charge is -2.23. The molecule has 590 valence electrons. The van der Waals surface area contributed by atoms with Gasteiger partial charge in [0.2, 0.25) is 11.8 Å². The number of carbonyl (C=O) groups excluding carboxylic acids is 4. The molecule has 0 radical (unpaired) electrons. The third-order valence-corrected chi connectivity index (χ3v) is 20.5. The van der Waals surface area contributed by atoms with Gasteiger partial charge in [0.25, 0.3) is 0 Å². The van der Waals surface area contributed by atoms with Crippen LogP contribution in [0.15, 0.2) is 0 Å². The van der Waals surface area contributed by atoms with Crippen LogP contribution in [0.5, 0.6) is 0 Å². The predicted molar refractivity (Wildman–Crippen MR) is 427 cm³/mol. The summed E-state index contributed by atoms with van der Waals surface area (Å²) in [6.07, 6.45) is 74.1. The fourth-order valence-electron chi connectivity index (χ4n) is 13.8. The largest absolute Gasteiger partial charge is 0.466 e. The van der Waals surface area contributed by atoms with Crippen molar-refractivity contribution in [1.29, 1.82) is 0 Å². The van der Waals surface area contributed by atoms with Crippen molar-refractivity contribution in [1.82, 2.24) is 19.6 Å². The zero-order chi connectivity index (χ0) is 72.6. The van der Waals surface area contributed by atoms with Gasteiger partial charge in [0.1, 0.15) is 6.10 Å². The van der Waals surface area contributed by atoms with Crippen molar-refractivity contribution in [2.75, 3.05) is 85.8 Å². The number of esters is 2. The van der Waals surface area contributed by atoms with E-state index in [1.54, 1.807) is 0 Å². The van der Waals surface area contributed by atoms with Gasteiger partial charge in [-0.15, -0.1) is 0 Å². The van der Waals surface area contributed by atoms with Gasteiger partial charge in [-0.05, 0) is 129 Å². The Morgan fingerprint density at radius 3 is 0.879 bits per heavy atom. The number of aliphatic hydroxyl groups is 2. The first-order chi connectivity index (χ1) is 48.6. The van der Waals surface area contributed by atoms with E-state index >= 15 is 0 Å². The average Bonchev–Trinajstić information content (AvgIpc) is 2.01. The minimum absolute atomic E-state index is 0.0171. The zero-order valence-corrected chi connectivity index (χ0v) is 67.7. The number of unbranched alkanes of at least 4 members (excludes halogenated alkanes) is 47. The smallest absolute Gasteiger partial charge is 0.306 e. The number of aliphatic hydroxyl groups excluding tert-OH is 2. The normalized spacial score (nSPS) is 11.5. The van der Waals surface area contributed by atoms with Crippen molar-refractivity contribution in [3.63, 3.8) is 0 Å². The second-order valence-electron chi connectivity index (χ2n) is 30.3. The van der Waals surface area contributed by atoms with Crippen molar-refractivity contribution >= 4 is 23.8 Å². The van der Waals surface area contributed by atoms with Crippen LogP contribution in [0.1, 0.15) is 446 Å². The molecule has 2 N–H and O–H groups in total. The number of ether oxygens (including phenoxy) is 2. The molecule has 0 aromatic heterocycles. The summed E-state index contributed by atoms with van der Waals surface area (Å²) in [6.45, 7) is 23.1. The number of hydrogen-bond acceptors (Lipinski definition) is 10. The molecule has 0 aliphatic heterocycles. The molecule has 0 aromatic rings. The minimum Gasteiger partial charge on any atom is -0.466 e. The number of rotatable bonds is 80. The van der Waals surface area contributed by atoms with E-state index in [-0.39, 0.29) is 31.3 Å². The van der Waals surface area contributed by atoms with Crippen molar-refractivity contribution < 1.29 is 38.9 Å². The summed E-state index contributed by atoms with van der Waals surface area (Å²) in [7, 11) is 1.96. The first kappa shape index (κ1) is 98.8. The van der Waals surface area contributed by atoms with E-state index in [1.807, 2.05) is 11.9 Å². The zero-order valence-electron chi connectivity index (χ0n) is 67.7. The maximum absolute atomic E-state index is 13.1. The lowest BCUT2D eigenvalue weighted by molar-refractivity contribution is -0.150. The standard InChI is InChI=1S/C44H88N2O4.C43H86N2O4/c1-5-8-11-14-19-26-33-42(34-27-20-15-12-9-6-2)50-44(49)36-29-22-18-25-32-39-46(40-41-47)38-31-24-17-21-28-35-43(48)45(4)37-30-23-16-13-10-7-3;1-4-7-10-13-16-25-32-41-49-43(48)34-27-20-18-22-29-36-44(39-40-46)35-28-21-17-19-26-33-42(47)45(37-30-23-14-11-8-5-2)38-31-24-15-12-9-6-3/h42,47H,5-41H2,1-4H3;46H,4-41H2,1-3H3. The van der Waals surface area contributed by atoms with E-state index in [4.69, 9.17) is 9.47 Å². The van der Waals surface area contributed by atoms with Gasteiger partial charge in [-0.2, -0.15) is 0 Å². The predicted octanol–water partition coefficient (Wildman–Crippen LogP) is 24.0. The van der Waals surface area contributed by atoms with Crippen LogP contribution in [0.4, 0.5) is 0 Å². The lowest BCUT2D eigenvalue weighted by atomic mass is 10.0. The lowest BCUT2D eigenvalue weighted by Crippen LogP contribution is -2.32. The topological polar surface area (TPSA) is 140 Å². The Hall–Kier alpha value is -2.28. The fourth-order valence-corrected chi connectivity index (χ4v) is 13.8. The minimum atomic E-state index is -0.0272. The molecule has 0 aliphatic carbocycles. The van der Waals surface area contributed by atoms with Gasteiger partial charge in [0.05, 0.1) is 19.8 Å². The quantitative estimate of drug-likeness (QED) is 0.0447. The van der Waals surface area contributed by atoms with Crippen molar-refractivity contribution in [3.05, 3.63) is 0 Å². The molecule has 0 spiro atoms. The summed E-state index contributed by atoms with van der Waals surface area (Å²) in [4.78, 5) is 59.1. The number of amides is 2. The van der Waals surface area contributed by atoms with Crippen LogP contribution in [0.2, 0.25) is 0 Å². The Bertz CT molecular complexity index is 1610. The van der Waals surface area contributed by atoms with Gasteiger partial charge < -0.3 is 39.3 Å². The van der Waals surface area contributed by atoms with E-state index in [9.17, 15) is 29.4 Å². The maximum Gasteiger partial charge on any atom is 0.306 e. The van der Waals surface area contributed by atoms with Crippen LogP contribution in [0.3, 0.4) is 0 Å². The van der Waals surface area contributed by atoms with E-state index in [0.717, 1.165) is 187 Å². The molecular weight excluding hydrogens is 1230 g/mol. The van der Waals surface area contributed by atoms with Gasteiger partial charge in [-0.1, -0.05) is 318 Å². The summed E-state index contributed by atoms with van der Waals surface area (Å²) in [5.41, 5.74) is 0. The molecule has 0 fully saturated rings. The molecule has 0 saturated carbocycles. The molecular formula is C87H174N4O8. The van der Waals surface area contributed by atoms with Crippen LogP contribution < -0.4 is 0 Å². The second kappa shape index (κ2) is 83.0. The molecule has 0 aliphatic rings. The Balaban J connectivity index is 0. The first-order valence-electron chi connectivity index (χ1n) is 44.1. The molecule has 0 heterocycles. The third kappa shape index (κ3) is 75.2. The van der Waals surface area contributed by atoms with Crippen LogP contribution in [0, 0.1) is 0 Å². The van der Waals surface area contributed by atoms with Gasteiger partial charge in [-0.3, -0.25) is 19.2 Å². The first-order valence-corrected chi connectivity index (χ1v) is 44.1. The summed E-state index contributed by atoms with van der Waals surface area (Å²) in [6, 6.07) is 0. The molecule has 99 heavy (non-hydrogen) atoms. The summed E-state index contributed by atoms with van der Waals surface area (Å²) >= 11 is 0. The van der Waals surface area contributed by atoms with E-state index < -0.39 is 0 Å². The monoisotopic (exact) mass is 1400 g/mol. The highest BCUT2D eigenvalue weighted by atomic mass is 16.5. The van der Waals surface area contributed by atoms with Gasteiger partial charge in [-0.25, -0.2) is 0 Å². The Morgan fingerprint density at radius 1 is 0.273 bits per heavy atom. The van der Waals surface area contributed by atoms with Crippen LogP contribution >= 0.6 is 0 Å². The molecule has 12 nitrogen and oxygen atoms in total. The third-order valence-electron chi connectivity index (χ3n) is 20.5. The summed E-state index contributed by atoms with van der Waals surface area (Å²) in [5, 5.41) is 19.1. The van der Waals surface area contributed by atoms with Crippen LogP contribution in [0.25, 0.3) is 0 Å². The molecule has 2 amide bonds. The van der Waals surface area contributed by atoms with Crippen LogP contribution in [-0.4, -0.2) is 145 Å². The highest BCUT2D eigenvalue weighted by Crippen LogP contribution is 2.21. The number of carbonyl (C=O) groups is 4. The molecule has 0 unspecified atom stereocenters. The second-order valence-corrected chi connectivity index (χ2v) is 30.3. The number of nitrogens with zero attached hydrogens (tertiary/aromatic N) is 4. The average molecular weight is 1400 g/mol. The Kier molecular flexibility index (Phi) is 82.8. The highest BCUT2D eigenvalue weighted by Gasteiger charge is 2.17. The SMILES string of the molecule is CCCCCCCCC(CCCCCCCC)OC(=O)CCCCCCCN(CCO)CCCCCCCC(=O)N(C)CCCCCCCC.CCCCCCCCCOC(=O)CCCCCCCN(CCO)CCCCCCCC(=O)N(CCCCCCCC)CCCCCCCC. The van der Waals surface area contributed by atoms with Crippen molar-refractivity contribution in [2.24, 2.45) is 0 Å². The number of hydrogen-bond donors (Lipinski definition) is 2. The van der Waals surface area contributed by atoms with Crippen LogP contribution in [-0.2, 0) is 28.7 Å². The molecule has 0 atom stereocenters. The Morgan fingerprint density at radius 2 is 0.535 bits per heavy atom. The Labute approximate surface area is 617 Å². The van der Waals surface area contributed by atoms with E-state index in [0.29, 0.717) is 44.1 Å². The molecule has 0 bridgehead atoms. The van der Waals surface area contributed by atoms with Gasteiger partial charge in [0, 0.05) is 65.5 Å². The van der Waals surface area contributed by atoms with Gasteiger partial charge in [0.15, 0.2) is 0 Å². The maximum atomic E-state index is 13.1. The van der Waals surface area contributed by atoms with Crippen molar-refractivity contribution in [2.45, 2.75) is 452 Å². The molecule has 0 saturated heterocycles. The molecule has 0 aromatic carbocycles. The highest BCUT2D eigenvalue weighted by molar-refractivity contribution is 5.76. The summed E-state index contributed by atoms with van der Waals surface area (Å²) < 4.78 is 11.4. The van der Waals surface area contributed by atoms with Crippen molar-refractivity contribution in [3.8, 4) is 0 Å². The van der Waals surface area contributed by atoms with E-state index in [1.165, 1.54) is 250 Å².